The molecule has 2 aromatic carbocycles. The number of anilines is 3. The predicted molar refractivity (Wildman–Crippen MR) is 112 cm³/mol. The molecule has 0 amide bonds. The smallest absolute Gasteiger partial charge is 0.247 e. The summed E-state index contributed by atoms with van der Waals surface area (Å²) in [5.41, 5.74) is 5.46. The summed E-state index contributed by atoms with van der Waals surface area (Å²) in [5, 5.41) is 11.7. The van der Waals surface area contributed by atoms with Gasteiger partial charge in [0.2, 0.25) is 5.95 Å². The number of allylic oxidation sites excluding steroid dienone is 1. The number of hydrogen-bond acceptors (Lipinski definition) is 4. The fourth-order valence-corrected chi connectivity index (χ4v) is 3.03. The maximum Gasteiger partial charge on any atom is 0.247 e. The van der Waals surface area contributed by atoms with Crippen molar-refractivity contribution in [2.75, 3.05) is 10.6 Å². The fraction of sp³-hybridized carbons (Fsp3) is 0.0476. The third kappa shape index (κ3) is 3.78. The van der Waals surface area contributed by atoms with Crippen LogP contribution in [0.2, 0.25) is 5.02 Å². The summed E-state index contributed by atoms with van der Waals surface area (Å²) in [6.07, 6.45) is 0. The molecule has 0 aliphatic heterocycles. The zero-order chi connectivity index (χ0) is 18.8. The van der Waals surface area contributed by atoms with Crippen molar-refractivity contribution in [2.45, 2.75) is 6.92 Å². The minimum atomic E-state index is 0.532. The second-order valence-electron chi connectivity index (χ2n) is 6.23. The Labute approximate surface area is 162 Å². The number of pyridine rings is 1. The van der Waals surface area contributed by atoms with Gasteiger partial charge in [0.15, 0.2) is 5.65 Å². The van der Waals surface area contributed by atoms with E-state index in [4.69, 9.17) is 11.6 Å². The normalized spacial score (nSPS) is 10.7. The van der Waals surface area contributed by atoms with Gasteiger partial charge in [0.25, 0.3) is 0 Å². The Hall–Kier alpha value is -3.31. The molecule has 0 saturated heterocycles. The van der Waals surface area contributed by atoms with E-state index in [-0.39, 0.29) is 0 Å². The first-order valence-electron chi connectivity index (χ1n) is 8.50. The van der Waals surface area contributed by atoms with Crippen LogP contribution in [0.1, 0.15) is 6.92 Å². The quantitative estimate of drug-likeness (QED) is 0.467. The van der Waals surface area contributed by atoms with Crippen molar-refractivity contribution in [3.63, 3.8) is 0 Å². The van der Waals surface area contributed by atoms with Gasteiger partial charge in [-0.2, -0.15) is 4.98 Å². The first kappa shape index (κ1) is 17.1. The number of nitrogens with one attached hydrogen (secondary N) is 2. The number of halogens is 1. The van der Waals surface area contributed by atoms with E-state index in [1.54, 1.807) is 0 Å². The molecule has 0 bridgehead atoms. The molecule has 0 radical (unpaired) electrons. The van der Waals surface area contributed by atoms with E-state index in [1.807, 2.05) is 78.2 Å². The molecule has 27 heavy (non-hydrogen) atoms. The highest BCUT2D eigenvalue weighted by Gasteiger charge is 2.09. The molecule has 5 nitrogen and oxygen atoms in total. The maximum absolute atomic E-state index is 6.13. The predicted octanol–water partition coefficient (Wildman–Crippen LogP) is 5.74. The molecule has 0 spiro atoms. The summed E-state index contributed by atoms with van der Waals surface area (Å²) < 4.78 is 1.81. The van der Waals surface area contributed by atoms with Crippen molar-refractivity contribution in [2.24, 2.45) is 0 Å². The Morgan fingerprint density at radius 2 is 1.74 bits per heavy atom. The van der Waals surface area contributed by atoms with Crippen molar-refractivity contribution in [3.8, 4) is 11.3 Å². The van der Waals surface area contributed by atoms with Crippen LogP contribution in [0.15, 0.2) is 79.0 Å². The number of aromatic nitrogens is 3. The summed E-state index contributed by atoms with van der Waals surface area (Å²) in [4.78, 5) is 4.57. The standard InChI is InChI=1S/C21H18ClN5/c1-14(2)23-17-9-11-18(12-10-17)24-21-25-20-8-4-7-19(27(20)26-21)15-5-3-6-16(22)13-15/h3-13,23H,1H2,2H3,(H,24,26). The van der Waals surface area contributed by atoms with Gasteiger partial charge in [-0.05, 0) is 55.5 Å². The van der Waals surface area contributed by atoms with E-state index in [0.717, 1.165) is 34.0 Å². The van der Waals surface area contributed by atoms with Crippen LogP contribution in [0.4, 0.5) is 17.3 Å². The molecule has 2 N–H and O–H groups in total. The summed E-state index contributed by atoms with van der Waals surface area (Å²) in [7, 11) is 0. The topological polar surface area (TPSA) is 54.2 Å². The van der Waals surface area contributed by atoms with E-state index >= 15 is 0 Å². The third-order valence-corrected chi connectivity index (χ3v) is 4.21. The van der Waals surface area contributed by atoms with Crippen LogP contribution in [-0.2, 0) is 0 Å². The van der Waals surface area contributed by atoms with Crippen molar-refractivity contribution in [1.82, 2.24) is 14.6 Å². The lowest BCUT2D eigenvalue weighted by molar-refractivity contribution is 0.973. The van der Waals surface area contributed by atoms with Crippen LogP contribution < -0.4 is 10.6 Å². The summed E-state index contributed by atoms with van der Waals surface area (Å²) in [6, 6.07) is 21.5. The monoisotopic (exact) mass is 375 g/mol. The molecule has 6 heteroatoms. The Bertz CT molecular complexity index is 1120. The molecule has 0 saturated carbocycles. The van der Waals surface area contributed by atoms with Gasteiger partial charge in [-0.3, -0.25) is 0 Å². The molecular formula is C21H18ClN5. The zero-order valence-corrected chi connectivity index (χ0v) is 15.5. The zero-order valence-electron chi connectivity index (χ0n) is 14.8. The molecular weight excluding hydrogens is 358 g/mol. The Morgan fingerprint density at radius 1 is 1.00 bits per heavy atom. The Morgan fingerprint density at radius 3 is 2.48 bits per heavy atom. The molecule has 0 fully saturated rings. The van der Waals surface area contributed by atoms with Crippen LogP contribution in [0.5, 0.6) is 0 Å². The Balaban J connectivity index is 1.64. The van der Waals surface area contributed by atoms with Gasteiger partial charge >= 0.3 is 0 Å². The molecule has 4 aromatic rings. The van der Waals surface area contributed by atoms with Crippen molar-refractivity contribution >= 4 is 34.6 Å². The first-order valence-corrected chi connectivity index (χ1v) is 8.88. The second-order valence-corrected chi connectivity index (χ2v) is 6.67. The number of nitrogens with zero attached hydrogens (tertiary/aromatic N) is 3. The Kier molecular flexibility index (Phi) is 4.52. The minimum absolute atomic E-state index is 0.532. The highest BCUT2D eigenvalue weighted by Crippen LogP contribution is 2.24. The molecule has 0 aliphatic carbocycles. The number of rotatable bonds is 5. The number of benzene rings is 2. The molecule has 2 heterocycles. The summed E-state index contributed by atoms with van der Waals surface area (Å²) in [5.74, 6) is 0.532. The summed E-state index contributed by atoms with van der Waals surface area (Å²) in [6.45, 7) is 5.77. The van der Waals surface area contributed by atoms with Crippen LogP contribution in [0.3, 0.4) is 0 Å². The van der Waals surface area contributed by atoms with Crippen molar-refractivity contribution in [3.05, 3.63) is 84.0 Å². The molecule has 4 rings (SSSR count). The minimum Gasteiger partial charge on any atom is -0.360 e. The molecule has 0 unspecified atom stereocenters. The highest BCUT2D eigenvalue weighted by molar-refractivity contribution is 6.30. The lowest BCUT2D eigenvalue weighted by atomic mass is 10.1. The number of fused-ring (bicyclic) bond motifs is 1. The van der Waals surface area contributed by atoms with Crippen molar-refractivity contribution < 1.29 is 0 Å². The van der Waals surface area contributed by atoms with Gasteiger partial charge in [0.1, 0.15) is 0 Å². The van der Waals surface area contributed by atoms with E-state index < -0.39 is 0 Å². The number of hydrogen-bond donors (Lipinski definition) is 2. The van der Waals surface area contributed by atoms with E-state index in [9.17, 15) is 0 Å². The lowest BCUT2D eigenvalue weighted by Crippen LogP contribution is -1.96. The average molecular weight is 376 g/mol. The lowest BCUT2D eigenvalue weighted by Gasteiger charge is -2.06. The second kappa shape index (κ2) is 7.13. The molecule has 0 atom stereocenters. The van der Waals surface area contributed by atoms with Gasteiger partial charge in [-0.15, -0.1) is 5.10 Å². The SMILES string of the molecule is C=C(C)Nc1ccc(Nc2nc3cccc(-c4cccc(Cl)c4)n3n2)cc1. The third-order valence-electron chi connectivity index (χ3n) is 3.98. The van der Waals surface area contributed by atoms with Crippen LogP contribution in [-0.4, -0.2) is 14.6 Å². The van der Waals surface area contributed by atoms with E-state index in [1.165, 1.54) is 0 Å². The van der Waals surface area contributed by atoms with Gasteiger partial charge in [0, 0.05) is 27.7 Å². The molecule has 2 aromatic heterocycles. The van der Waals surface area contributed by atoms with Crippen LogP contribution in [0, 0.1) is 0 Å². The fourth-order valence-electron chi connectivity index (χ4n) is 2.84. The molecule has 134 valence electrons. The van der Waals surface area contributed by atoms with Gasteiger partial charge in [0.05, 0.1) is 5.69 Å². The van der Waals surface area contributed by atoms with Gasteiger partial charge < -0.3 is 10.6 Å². The van der Waals surface area contributed by atoms with E-state index in [2.05, 4.69) is 27.3 Å². The summed E-state index contributed by atoms with van der Waals surface area (Å²) >= 11 is 6.13. The van der Waals surface area contributed by atoms with Crippen LogP contribution in [0.25, 0.3) is 16.9 Å². The van der Waals surface area contributed by atoms with Crippen molar-refractivity contribution in [1.29, 1.82) is 0 Å². The van der Waals surface area contributed by atoms with Gasteiger partial charge in [-0.1, -0.05) is 36.4 Å². The van der Waals surface area contributed by atoms with Crippen LogP contribution >= 0.6 is 11.6 Å². The maximum atomic E-state index is 6.13. The largest absolute Gasteiger partial charge is 0.360 e. The highest BCUT2D eigenvalue weighted by atomic mass is 35.5. The van der Waals surface area contributed by atoms with E-state index in [0.29, 0.717) is 11.0 Å². The van der Waals surface area contributed by atoms with Gasteiger partial charge in [-0.25, -0.2) is 4.52 Å². The molecule has 0 aliphatic rings. The first-order chi connectivity index (χ1) is 13.1. The average Bonchev–Trinajstić information content (AvgIpc) is 3.05.